The van der Waals surface area contributed by atoms with Gasteiger partial charge in [-0.1, -0.05) is 78.1 Å². The molecule has 3 aliphatic rings. The van der Waals surface area contributed by atoms with Crippen LogP contribution < -0.4 is 0 Å². The lowest BCUT2D eigenvalue weighted by atomic mass is 9.55. The Labute approximate surface area is 152 Å². The second-order valence-electron chi connectivity index (χ2n) is 9.77. The highest BCUT2D eigenvalue weighted by molar-refractivity contribution is 4.94. The average molecular weight is 333 g/mol. The standard InChI is InChI=1S/C24H44/c1-3-5-7-9-19-11-15-23-21(17-19)13-14-22-18-20(10-8-6-4-2)12-16-24(22)23/h19-24H,3-18H2,1-2H3. The van der Waals surface area contributed by atoms with Gasteiger partial charge in [-0.05, 0) is 74.0 Å². The maximum absolute atomic E-state index is 2.34. The molecule has 0 aromatic heterocycles. The largest absolute Gasteiger partial charge is 0.0654 e. The minimum atomic E-state index is 1.10. The summed E-state index contributed by atoms with van der Waals surface area (Å²) in [6, 6.07) is 0. The van der Waals surface area contributed by atoms with E-state index in [1.165, 1.54) is 38.5 Å². The molecule has 3 rings (SSSR count). The number of fused-ring (bicyclic) bond motifs is 3. The van der Waals surface area contributed by atoms with Crippen molar-refractivity contribution in [3.63, 3.8) is 0 Å². The molecule has 0 saturated heterocycles. The Morgan fingerprint density at radius 3 is 1.42 bits per heavy atom. The number of rotatable bonds is 8. The quantitative estimate of drug-likeness (QED) is 0.395. The van der Waals surface area contributed by atoms with Crippen LogP contribution in [0.1, 0.15) is 117 Å². The van der Waals surface area contributed by atoms with Crippen LogP contribution in [0, 0.1) is 35.5 Å². The zero-order valence-electron chi connectivity index (χ0n) is 16.8. The molecule has 0 heterocycles. The van der Waals surface area contributed by atoms with E-state index >= 15 is 0 Å². The van der Waals surface area contributed by atoms with Crippen LogP contribution in [0.2, 0.25) is 0 Å². The summed E-state index contributed by atoms with van der Waals surface area (Å²) >= 11 is 0. The van der Waals surface area contributed by atoms with E-state index < -0.39 is 0 Å². The first-order chi connectivity index (χ1) is 11.8. The van der Waals surface area contributed by atoms with E-state index in [9.17, 15) is 0 Å². The molecule has 0 N–H and O–H groups in total. The van der Waals surface area contributed by atoms with Crippen molar-refractivity contribution >= 4 is 0 Å². The highest BCUT2D eigenvalue weighted by Crippen LogP contribution is 2.54. The van der Waals surface area contributed by atoms with Gasteiger partial charge in [0, 0.05) is 0 Å². The second-order valence-corrected chi connectivity index (χ2v) is 9.77. The summed E-state index contributed by atoms with van der Waals surface area (Å²) in [5, 5.41) is 0. The zero-order valence-corrected chi connectivity index (χ0v) is 16.8. The highest BCUT2D eigenvalue weighted by atomic mass is 14.5. The molecule has 3 fully saturated rings. The Morgan fingerprint density at radius 2 is 1.00 bits per heavy atom. The first-order valence-electron chi connectivity index (χ1n) is 11.8. The van der Waals surface area contributed by atoms with Crippen LogP contribution >= 0.6 is 0 Å². The second kappa shape index (κ2) is 9.63. The van der Waals surface area contributed by atoms with E-state index in [0.717, 1.165) is 35.5 Å². The Hall–Kier alpha value is 0. The predicted molar refractivity (Wildman–Crippen MR) is 106 cm³/mol. The average Bonchev–Trinajstić information content (AvgIpc) is 2.62. The van der Waals surface area contributed by atoms with Gasteiger partial charge in [0.2, 0.25) is 0 Å². The van der Waals surface area contributed by atoms with Crippen LogP contribution in [0.15, 0.2) is 0 Å². The summed E-state index contributed by atoms with van der Waals surface area (Å²) in [7, 11) is 0. The van der Waals surface area contributed by atoms with Gasteiger partial charge < -0.3 is 0 Å². The van der Waals surface area contributed by atoms with Crippen LogP contribution in [0.5, 0.6) is 0 Å². The van der Waals surface area contributed by atoms with E-state index in [1.807, 2.05) is 0 Å². The van der Waals surface area contributed by atoms with Crippen molar-refractivity contribution in [1.29, 1.82) is 0 Å². The molecule has 140 valence electrons. The maximum atomic E-state index is 2.34. The molecule has 0 aromatic carbocycles. The topological polar surface area (TPSA) is 0 Å². The molecule has 0 aromatic rings. The molecule has 0 amide bonds. The number of hydrogen-bond donors (Lipinski definition) is 0. The third-order valence-corrected chi connectivity index (χ3v) is 8.19. The van der Waals surface area contributed by atoms with Gasteiger partial charge in [0.15, 0.2) is 0 Å². The van der Waals surface area contributed by atoms with Gasteiger partial charge in [0.25, 0.3) is 0 Å². The number of hydrogen-bond acceptors (Lipinski definition) is 0. The lowest BCUT2D eigenvalue weighted by molar-refractivity contribution is -0.00458. The van der Waals surface area contributed by atoms with Crippen LogP contribution in [0.25, 0.3) is 0 Å². The van der Waals surface area contributed by atoms with E-state index in [4.69, 9.17) is 0 Å². The van der Waals surface area contributed by atoms with Gasteiger partial charge in [-0.3, -0.25) is 0 Å². The maximum Gasteiger partial charge on any atom is -0.0355 e. The van der Waals surface area contributed by atoms with Crippen LogP contribution in [-0.2, 0) is 0 Å². The third kappa shape index (κ3) is 4.79. The van der Waals surface area contributed by atoms with Gasteiger partial charge in [-0.2, -0.15) is 0 Å². The van der Waals surface area contributed by atoms with Crippen molar-refractivity contribution in [3.05, 3.63) is 0 Å². The minimum absolute atomic E-state index is 1.10. The molecule has 0 aliphatic heterocycles. The molecular formula is C24H44. The fourth-order valence-electron chi connectivity index (χ4n) is 6.88. The molecule has 3 saturated carbocycles. The SMILES string of the molecule is CCCCCC1CCC2C(CCC3CC(CCCCC)CCC32)C1. The Morgan fingerprint density at radius 1 is 0.542 bits per heavy atom. The summed E-state index contributed by atoms with van der Waals surface area (Å²) < 4.78 is 0. The Kier molecular flexibility index (Phi) is 7.54. The Bertz CT molecular complexity index is 312. The van der Waals surface area contributed by atoms with Crippen molar-refractivity contribution in [2.45, 2.75) is 117 Å². The summed E-state index contributed by atoms with van der Waals surface area (Å²) in [6.07, 6.45) is 24.6. The van der Waals surface area contributed by atoms with E-state index in [-0.39, 0.29) is 0 Å². The molecule has 24 heavy (non-hydrogen) atoms. The van der Waals surface area contributed by atoms with Gasteiger partial charge >= 0.3 is 0 Å². The van der Waals surface area contributed by atoms with Crippen molar-refractivity contribution < 1.29 is 0 Å². The third-order valence-electron chi connectivity index (χ3n) is 8.19. The molecule has 0 spiro atoms. The zero-order chi connectivity index (χ0) is 16.8. The smallest absolute Gasteiger partial charge is 0.0355 e. The highest BCUT2D eigenvalue weighted by Gasteiger charge is 2.44. The summed E-state index contributed by atoms with van der Waals surface area (Å²) in [5.74, 6) is 6.73. The molecule has 6 atom stereocenters. The predicted octanol–water partition coefficient (Wildman–Crippen LogP) is 8.01. The van der Waals surface area contributed by atoms with Gasteiger partial charge in [0.1, 0.15) is 0 Å². The van der Waals surface area contributed by atoms with Gasteiger partial charge in [-0.25, -0.2) is 0 Å². The van der Waals surface area contributed by atoms with Crippen molar-refractivity contribution in [2.24, 2.45) is 35.5 Å². The molecule has 0 bridgehead atoms. The first-order valence-corrected chi connectivity index (χ1v) is 11.8. The molecule has 6 unspecified atom stereocenters. The lowest BCUT2D eigenvalue weighted by Gasteiger charge is -2.51. The van der Waals surface area contributed by atoms with Crippen LogP contribution in [0.3, 0.4) is 0 Å². The van der Waals surface area contributed by atoms with Crippen molar-refractivity contribution in [1.82, 2.24) is 0 Å². The summed E-state index contributed by atoms with van der Waals surface area (Å²) in [4.78, 5) is 0. The van der Waals surface area contributed by atoms with Crippen molar-refractivity contribution in [3.8, 4) is 0 Å². The fourth-order valence-corrected chi connectivity index (χ4v) is 6.88. The summed E-state index contributed by atoms with van der Waals surface area (Å²) in [5.41, 5.74) is 0. The monoisotopic (exact) mass is 332 g/mol. The van der Waals surface area contributed by atoms with E-state index in [0.29, 0.717) is 0 Å². The van der Waals surface area contributed by atoms with Crippen LogP contribution in [0.4, 0.5) is 0 Å². The fraction of sp³-hybridized carbons (Fsp3) is 1.00. The number of unbranched alkanes of at least 4 members (excludes halogenated alkanes) is 4. The van der Waals surface area contributed by atoms with Gasteiger partial charge in [-0.15, -0.1) is 0 Å². The van der Waals surface area contributed by atoms with Crippen LogP contribution in [-0.4, -0.2) is 0 Å². The molecule has 0 radical (unpaired) electrons. The molecule has 3 aliphatic carbocycles. The normalized spacial score (nSPS) is 39.2. The minimum Gasteiger partial charge on any atom is -0.0654 e. The van der Waals surface area contributed by atoms with E-state index in [1.54, 1.807) is 64.2 Å². The molecule has 0 heteroatoms. The lowest BCUT2D eigenvalue weighted by Crippen LogP contribution is -2.41. The first kappa shape index (κ1) is 18.8. The van der Waals surface area contributed by atoms with Crippen molar-refractivity contribution in [2.75, 3.05) is 0 Å². The van der Waals surface area contributed by atoms with Gasteiger partial charge in [0.05, 0.1) is 0 Å². The summed E-state index contributed by atoms with van der Waals surface area (Å²) in [6.45, 7) is 4.69. The molecular weight excluding hydrogens is 288 g/mol. The van der Waals surface area contributed by atoms with E-state index in [2.05, 4.69) is 13.8 Å². The molecule has 0 nitrogen and oxygen atoms in total. The Balaban J connectivity index is 1.45.